The van der Waals surface area contributed by atoms with Gasteiger partial charge in [-0.05, 0) is 32.7 Å². The van der Waals surface area contributed by atoms with Gasteiger partial charge in [0.05, 0.1) is 13.2 Å². The van der Waals surface area contributed by atoms with Gasteiger partial charge in [-0.3, -0.25) is 24.4 Å². The van der Waals surface area contributed by atoms with Crippen LogP contribution in [0.25, 0.3) is 0 Å². The van der Waals surface area contributed by atoms with Gasteiger partial charge in [-0.15, -0.1) is 0 Å². The Balaban J connectivity index is 1.16. The molecule has 9 nitrogen and oxygen atoms in total. The predicted octanol–water partition coefficient (Wildman–Crippen LogP) is 0.504. The highest BCUT2D eigenvalue weighted by Crippen LogP contribution is 2.27. The number of cyclic esters (lactones) is 1. The highest BCUT2D eigenvalue weighted by Gasteiger charge is 2.42. The van der Waals surface area contributed by atoms with Gasteiger partial charge in [0, 0.05) is 77.9 Å². The molecule has 3 saturated heterocycles. The Morgan fingerprint density at radius 1 is 0.935 bits per heavy atom. The minimum Gasteiger partial charge on any atom is -0.469 e. The molecule has 2 unspecified atom stereocenters. The van der Waals surface area contributed by atoms with E-state index in [2.05, 4.69) is 26.5 Å². The number of esters is 1. The van der Waals surface area contributed by atoms with Gasteiger partial charge in [-0.2, -0.15) is 0 Å². The number of methoxy groups -OCH3 is 1. The third-order valence-corrected chi connectivity index (χ3v) is 7.34. The van der Waals surface area contributed by atoms with Crippen LogP contribution in [0.5, 0.6) is 0 Å². The van der Waals surface area contributed by atoms with Crippen LogP contribution in [0.1, 0.15) is 32.6 Å². The molecule has 0 aromatic carbocycles. The van der Waals surface area contributed by atoms with E-state index in [4.69, 9.17) is 9.47 Å². The van der Waals surface area contributed by atoms with Crippen molar-refractivity contribution in [1.29, 1.82) is 0 Å². The van der Waals surface area contributed by atoms with Crippen LogP contribution in [0, 0.1) is 0 Å². The van der Waals surface area contributed by atoms with E-state index >= 15 is 0 Å². The summed E-state index contributed by atoms with van der Waals surface area (Å²) in [6.07, 6.45) is 3.72. The summed E-state index contributed by atoms with van der Waals surface area (Å²) in [5, 5.41) is 0. The number of piperazine rings is 2. The van der Waals surface area contributed by atoms with Crippen molar-refractivity contribution in [2.24, 2.45) is 0 Å². The van der Waals surface area contributed by atoms with E-state index < -0.39 is 0 Å². The molecule has 4 fully saturated rings. The Labute approximate surface area is 186 Å². The van der Waals surface area contributed by atoms with Crippen molar-refractivity contribution >= 4 is 12.1 Å². The van der Waals surface area contributed by atoms with Crippen molar-refractivity contribution in [3.63, 3.8) is 0 Å². The van der Waals surface area contributed by atoms with Crippen LogP contribution in [0.3, 0.4) is 0 Å². The summed E-state index contributed by atoms with van der Waals surface area (Å²) < 4.78 is 10.5. The van der Waals surface area contributed by atoms with Crippen LogP contribution < -0.4 is 0 Å². The molecule has 9 heteroatoms. The first-order valence-electron chi connectivity index (χ1n) is 12.0. The Kier molecular flexibility index (Phi) is 7.68. The highest BCUT2D eigenvalue weighted by molar-refractivity contribution is 5.70. The first-order valence-corrected chi connectivity index (χ1v) is 12.0. The van der Waals surface area contributed by atoms with Crippen LogP contribution in [-0.4, -0.2) is 134 Å². The number of amides is 1. The Hall–Kier alpha value is -1.42. The fourth-order valence-corrected chi connectivity index (χ4v) is 5.10. The lowest BCUT2D eigenvalue weighted by molar-refractivity contribution is -0.140. The van der Waals surface area contributed by atoms with Crippen LogP contribution in [0.4, 0.5) is 4.79 Å². The van der Waals surface area contributed by atoms with E-state index in [9.17, 15) is 9.59 Å². The molecule has 0 aromatic heterocycles. The van der Waals surface area contributed by atoms with Gasteiger partial charge in [0.1, 0.15) is 0 Å². The molecule has 0 bridgehead atoms. The second-order valence-electron chi connectivity index (χ2n) is 9.37. The second kappa shape index (κ2) is 10.5. The largest absolute Gasteiger partial charge is 0.469 e. The predicted molar refractivity (Wildman–Crippen MR) is 117 cm³/mol. The first-order chi connectivity index (χ1) is 15.0. The molecule has 2 atom stereocenters. The lowest BCUT2D eigenvalue weighted by Crippen LogP contribution is -2.54. The molecule has 1 aliphatic carbocycles. The Bertz CT molecular complexity index is 615. The number of hydrogen-bond acceptors (Lipinski definition) is 8. The topological polar surface area (TPSA) is 68.8 Å². The van der Waals surface area contributed by atoms with Crippen molar-refractivity contribution in [1.82, 2.24) is 24.5 Å². The number of nitrogens with zero attached hydrogens (tertiary/aromatic N) is 5. The van der Waals surface area contributed by atoms with Crippen LogP contribution in [-0.2, 0) is 14.3 Å². The SMILES string of the molecule is COC(=O)CCCN1CCN(C2OC(=O)N(CCN3CCN(C4CC4)CC3)C2C)CC1. The van der Waals surface area contributed by atoms with Crippen LogP contribution >= 0.6 is 0 Å². The molecule has 0 aromatic rings. The maximum Gasteiger partial charge on any atom is 0.411 e. The zero-order valence-electron chi connectivity index (χ0n) is 19.2. The molecule has 4 aliphatic rings. The third kappa shape index (κ3) is 5.88. The second-order valence-corrected chi connectivity index (χ2v) is 9.37. The lowest BCUT2D eigenvalue weighted by atomic mass is 10.2. The molecule has 3 aliphatic heterocycles. The monoisotopic (exact) mass is 437 g/mol. The molecule has 0 spiro atoms. The quantitative estimate of drug-likeness (QED) is 0.483. The average Bonchev–Trinajstić information content (AvgIpc) is 3.59. The van der Waals surface area contributed by atoms with Gasteiger partial charge in [0.2, 0.25) is 0 Å². The summed E-state index contributed by atoms with van der Waals surface area (Å²) in [5.41, 5.74) is 0. The van der Waals surface area contributed by atoms with Gasteiger partial charge in [0.15, 0.2) is 6.23 Å². The minimum atomic E-state index is -0.172. The van der Waals surface area contributed by atoms with Gasteiger partial charge in [-0.25, -0.2) is 4.79 Å². The molecule has 4 rings (SSSR count). The summed E-state index contributed by atoms with van der Waals surface area (Å²) in [5.74, 6) is -0.143. The summed E-state index contributed by atoms with van der Waals surface area (Å²) in [7, 11) is 1.43. The van der Waals surface area contributed by atoms with Gasteiger partial charge < -0.3 is 14.4 Å². The van der Waals surface area contributed by atoms with Gasteiger partial charge >= 0.3 is 12.1 Å². The molecule has 31 heavy (non-hydrogen) atoms. The van der Waals surface area contributed by atoms with E-state index in [0.717, 1.165) is 84.5 Å². The van der Waals surface area contributed by atoms with E-state index in [-0.39, 0.29) is 24.3 Å². The van der Waals surface area contributed by atoms with E-state index in [1.807, 2.05) is 4.90 Å². The Morgan fingerprint density at radius 2 is 1.55 bits per heavy atom. The fraction of sp³-hybridized carbons (Fsp3) is 0.909. The summed E-state index contributed by atoms with van der Waals surface area (Å²) >= 11 is 0. The fourth-order valence-electron chi connectivity index (χ4n) is 5.10. The molecular formula is C22H39N5O4. The minimum absolute atomic E-state index is 0.0751. The molecular weight excluding hydrogens is 398 g/mol. The number of carbonyl (C=O) groups excluding carboxylic acids is 2. The van der Waals surface area contributed by atoms with Crippen LogP contribution in [0.2, 0.25) is 0 Å². The molecule has 1 saturated carbocycles. The Morgan fingerprint density at radius 3 is 2.16 bits per heavy atom. The van der Waals surface area contributed by atoms with E-state index in [1.165, 1.54) is 20.0 Å². The highest BCUT2D eigenvalue weighted by atomic mass is 16.6. The maximum atomic E-state index is 12.6. The summed E-state index contributed by atoms with van der Waals surface area (Å²) in [6, 6.07) is 0.927. The number of rotatable bonds is 9. The number of hydrogen-bond donors (Lipinski definition) is 0. The van der Waals surface area contributed by atoms with Crippen molar-refractivity contribution in [3.05, 3.63) is 0 Å². The van der Waals surface area contributed by atoms with Crippen molar-refractivity contribution < 1.29 is 19.1 Å². The van der Waals surface area contributed by atoms with Gasteiger partial charge in [0.25, 0.3) is 0 Å². The molecule has 0 N–H and O–H groups in total. The molecule has 0 radical (unpaired) electrons. The van der Waals surface area contributed by atoms with Crippen molar-refractivity contribution in [2.75, 3.05) is 79.1 Å². The summed E-state index contributed by atoms with van der Waals surface area (Å²) in [4.78, 5) is 35.5. The standard InChI is InChI=1S/C22H39N5O4/c1-18-21(26-15-10-23(11-16-26)7-3-4-20(28)30-2)31-22(29)27(18)17-12-24-8-13-25(14-9-24)19-5-6-19/h18-19,21H,3-17H2,1-2H3. The average molecular weight is 438 g/mol. The maximum absolute atomic E-state index is 12.6. The smallest absolute Gasteiger partial charge is 0.411 e. The van der Waals surface area contributed by atoms with E-state index in [1.54, 1.807) is 0 Å². The molecule has 3 heterocycles. The summed E-state index contributed by atoms with van der Waals surface area (Å²) in [6.45, 7) is 12.9. The number of ether oxygens (including phenoxy) is 2. The molecule has 1 amide bonds. The van der Waals surface area contributed by atoms with Crippen LogP contribution in [0.15, 0.2) is 0 Å². The van der Waals surface area contributed by atoms with E-state index in [0.29, 0.717) is 6.42 Å². The lowest BCUT2D eigenvalue weighted by Gasteiger charge is -2.38. The van der Waals surface area contributed by atoms with Crippen molar-refractivity contribution in [2.45, 2.75) is 50.9 Å². The van der Waals surface area contributed by atoms with Crippen molar-refractivity contribution in [3.8, 4) is 0 Å². The first kappa shape index (κ1) is 22.8. The normalized spacial score (nSPS) is 29.4. The molecule has 176 valence electrons. The number of carbonyl (C=O) groups is 2. The zero-order valence-corrected chi connectivity index (χ0v) is 19.2. The van der Waals surface area contributed by atoms with Gasteiger partial charge in [-0.1, -0.05) is 0 Å². The zero-order chi connectivity index (χ0) is 21.8. The third-order valence-electron chi connectivity index (χ3n) is 7.34.